The van der Waals surface area contributed by atoms with E-state index in [1.54, 1.807) is 0 Å². The first-order valence-electron chi connectivity index (χ1n) is 7.97. The Morgan fingerprint density at radius 3 is 2.70 bits per heavy atom. The number of nitrogens with one attached hydrogen (secondary N) is 1. The van der Waals surface area contributed by atoms with Crippen LogP contribution in [0.1, 0.15) is 23.6 Å². The summed E-state index contributed by atoms with van der Waals surface area (Å²) in [6.07, 6.45) is 2.98. The zero-order chi connectivity index (χ0) is 16.2. The van der Waals surface area contributed by atoms with Gasteiger partial charge in [-0.2, -0.15) is 0 Å². The van der Waals surface area contributed by atoms with Crippen LogP contribution in [0.4, 0.5) is 5.69 Å². The molecule has 3 heteroatoms. The summed E-state index contributed by atoms with van der Waals surface area (Å²) in [5.74, 6) is -0.0574. The minimum absolute atomic E-state index is 0.0574. The number of hydrogen-bond donors (Lipinski definition) is 1. The Morgan fingerprint density at radius 2 is 1.91 bits per heavy atom. The van der Waals surface area contributed by atoms with E-state index in [0.717, 1.165) is 30.8 Å². The molecule has 0 saturated heterocycles. The third-order valence-corrected chi connectivity index (χ3v) is 4.21. The standard InChI is InChI=1S/C20H22N2O/c1-15(12-16-6-4-3-5-7-16)20(23)21-19-9-8-17-10-11-22(2)14-18(17)13-19/h3-9,12-13H,10-11,14H2,1-2H3,(H,21,23). The third-order valence-electron chi connectivity index (χ3n) is 4.21. The van der Waals surface area contributed by atoms with E-state index in [-0.39, 0.29) is 5.91 Å². The number of likely N-dealkylation sites (N-methyl/N-ethyl adjacent to an activating group) is 1. The first-order valence-corrected chi connectivity index (χ1v) is 7.97. The van der Waals surface area contributed by atoms with Gasteiger partial charge in [0.2, 0.25) is 0 Å². The van der Waals surface area contributed by atoms with Crippen molar-refractivity contribution in [3.63, 3.8) is 0 Å². The second-order valence-corrected chi connectivity index (χ2v) is 6.16. The monoisotopic (exact) mass is 306 g/mol. The van der Waals surface area contributed by atoms with Crippen LogP contribution >= 0.6 is 0 Å². The highest BCUT2D eigenvalue weighted by Crippen LogP contribution is 2.22. The predicted molar refractivity (Wildman–Crippen MR) is 95.2 cm³/mol. The summed E-state index contributed by atoms with van der Waals surface area (Å²) in [6.45, 7) is 3.88. The molecule has 0 aliphatic carbocycles. The van der Waals surface area contributed by atoms with Crippen LogP contribution in [0.3, 0.4) is 0 Å². The molecule has 1 amide bonds. The van der Waals surface area contributed by atoms with Gasteiger partial charge in [-0.3, -0.25) is 4.79 Å². The topological polar surface area (TPSA) is 32.3 Å². The van der Waals surface area contributed by atoms with Crippen molar-refractivity contribution in [1.82, 2.24) is 4.90 Å². The molecule has 0 unspecified atom stereocenters. The second-order valence-electron chi connectivity index (χ2n) is 6.16. The average molecular weight is 306 g/mol. The van der Waals surface area contributed by atoms with Gasteiger partial charge in [0.1, 0.15) is 0 Å². The first-order chi connectivity index (χ1) is 11.1. The van der Waals surface area contributed by atoms with Crippen molar-refractivity contribution in [2.45, 2.75) is 19.9 Å². The van der Waals surface area contributed by atoms with Crippen LogP contribution in [0.2, 0.25) is 0 Å². The van der Waals surface area contributed by atoms with Crippen LogP contribution < -0.4 is 5.32 Å². The molecule has 3 nitrogen and oxygen atoms in total. The molecule has 3 rings (SSSR count). The summed E-state index contributed by atoms with van der Waals surface area (Å²) in [5, 5.41) is 3.00. The number of fused-ring (bicyclic) bond motifs is 1. The third kappa shape index (κ3) is 3.88. The van der Waals surface area contributed by atoms with Crippen LogP contribution in [0, 0.1) is 0 Å². The highest BCUT2D eigenvalue weighted by molar-refractivity contribution is 6.06. The predicted octanol–water partition coefficient (Wildman–Crippen LogP) is 3.72. The van der Waals surface area contributed by atoms with Gasteiger partial charge in [0, 0.05) is 24.4 Å². The molecule has 0 bridgehead atoms. The molecular weight excluding hydrogens is 284 g/mol. The van der Waals surface area contributed by atoms with E-state index in [1.165, 1.54) is 11.1 Å². The normalized spacial score (nSPS) is 15.1. The van der Waals surface area contributed by atoms with Crippen LogP contribution in [0.15, 0.2) is 54.1 Å². The van der Waals surface area contributed by atoms with E-state index in [1.807, 2.05) is 49.4 Å². The van der Waals surface area contributed by atoms with Gasteiger partial charge in [-0.1, -0.05) is 36.4 Å². The number of carbonyl (C=O) groups excluding carboxylic acids is 1. The number of rotatable bonds is 3. The lowest BCUT2D eigenvalue weighted by atomic mass is 9.99. The summed E-state index contributed by atoms with van der Waals surface area (Å²) in [4.78, 5) is 14.7. The van der Waals surface area contributed by atoms with Gasteiger partial charge in [-0.25, -0.2) is 0 Å². The van der Waals surface area contributed by atoms with Crippen molar-refractivity contribution in [2.75, 3.05) is 18.9 Å². The smallest absolute Gasteiger partial charge is 0.251 e. The van der Waals surface area contributed by atoms with Gasteiger partial charge in [-0.05, 0) is 55.3 Å². The molecule has 118 valence electrons. The Hall–Kier alpha value is -2.39. The van der Waals surface area contributed by atoms with E-state index in [9.17, 15) is 4.79 Å². The Kier molecular flexibility index (Phi) is 4.58. The quantitative estimate of drug-likeness (QED) is 0.877. The zero-order valence-electron chi connectivity index (χ0n) is 13.7. The highest BCUT2D eigenvalue weighted by atomic mass is 16.1. The molecule has 0 fully saturated rings. The number of nitrogens with zero attached hydrogens (tertiary/aromatic N) is 1. The minimum Gasteiger partial charge on any atom is -0.322 e. The molecule has 0 spiro atoms. The van der Waals surface area contributed by atoms with Gasteiger partial charge in [0.25, 0.3) is 5.91 Å². The molecule has 1 aliphatic rings. The van der Waals surface area contributed by atoms with E-state index >= 15 is 0 Å². The number of hydrogen-bond acceptors (Lipinski definition) is 2. The number of benzene rings is 2. The Labute approximate surface area is 137 Å². The van der Waals surface area contributed by atoms with Gasteiger partial charge in [-0.15, -0.1) is 0 Å². The maximum absolute atomic E-state index is 12.4. The fourth-order valence-electron chi connectivity index (χ4n) is 2.87. The Balaban J connectivity index is 1.73. The molecule has 1 N–H and O–H groups in total. The lowest BCUT2D eigenvalue weighted by molar-refractivity contribution is -0.112. The van der Waals surface area contributed by atoms with Crippen LogP contribution in [-0.4, -0.2) is 24.4 Å². The Morgan fingerprint density at radius 1 is 1.13 bits per heavy atom. The summed E-state index contributed by atoms with van der Waals surface area (Å²) < 4.78 is 0. The number of amides is 1. The zero-order valence-corrected chi connectivity index (χ0v) is 13.7. The molecule has 2 aromatic rings. The molecule has 0 saturated carbocycles. The van der Waals surface area contributed by atoms with Gasteiger partial charge in [0.15, 0.2) is 0 Å². The molecular formula is C20H22N2O. The number of anilines is 1. The lowest BCUT2D eigenvalue weighted by Gasteiger charge is -2.25. The fraction of sp³-hybridized carbons (Fsp3) is 0.250. The molecule has 1 heterocycles. The summed E-state index contributed by atoms with van der Waals surface area (Å²) in [6, 6.07) is 16.1. The van der Waals surface area contributed by atoms with Crippen molar-refractivity contribution in [2.24, 2.45) is 0 Å². The largest absolute Gasteiger partial charge is 0.322 e. The molecule has 23 heavy (non-hydrogen) atoms. The summed E-state index contributed by atoms with van der Waals surface area (Å²) >= 11 is 0. The SMILES string of the molecule is CC(=Cc1ccccc1)C(=O)Nc1ccc2c(c1)CN(C)CC2. The van der Waals surface area contributed by atoms with Crippen molar-refractivity contribution in [3.8, 4) is 0 Å². The maximum atomic E-state index is 12.4. The molecule has 1 aliphatic heterocycles. The van der Waals surface area contributed by atoms with Crippen LogP contribution in [0.5, 0.6) is 0 Å². The Bertz CT molecular complexity index is 735. The van der Waals surface area contributed by atoms with E-state index in [2.05, 4.69) is 29.4 Å². The van der Waals surface area contributed by atoms with Crippen LogP contribution in [0.25, 0.3) is 6.08 Å². The van der Waals surface area contributed by atoms with E-state index in [4.69, 9.17) is 0 Å². The molecule has 0 radical (unpaired) electrons. The van der Waals surface area contributed by atoms with Gasteiger partial charge < -0.3 is 10.2 Å². The van der Waals surface area contributed by atoms with E-state index in [0.29, 0.717) is 5.57 Å². The summed E-state index contributed by atoms with van der Waals surface area (Å²) in [5.41, 5.74) is 5.29. The van der Waals surface area contributed by atoms with Crippen molar-refractivity contribution in [3.05, 3.63) is 70.8 Å². The fourth-order valence-corrected chi connectivity index (χ4v) is 2.87. The van der Waals surface area contributed by atoms with Crippen LogP contribution in [-0.2, 0) is 17.8 Å². The van der Waals surface area contributed by atoms with E-state index < -0.39 is 0 Å². The summed E-state index contributed by atoms with van der Waals surface area (Å²) in [7, 11) is 2.13. The van der Waals surface area contributed by atoms with Crippen molar-refractivity contribution >= 4 is 17.7 Å². The average Bonchev–Trinajstić information content (AvgIpc) is 2.55. The molecule has 0 atom stereocenters. The molecule has 2 aromatic carbocycles. The van der Waals surface area contributed by atoms with Gasteiger partial charge >= 0.3 is 0 Å². The number of carbonyl (C=O) groups is 1. The maximum Gasteiger partial charge on any atom is 0.251 e. The van der Waals surface area contributed by atoms with Gasteiger partial charge in [0.05, 0.1) is 0 Å². The highest BCUT2D eigenvalue weighted by Gasteiger charge is 2.14. The first kappa shape index (κ1) is 15.5. The molecule has 0 aromatic heterocycles. The lowest BCUT2D eigenvalue weighted by Crippen LogP contribution is -2.26. The van der Waals surface area contributed by atoms with Crippen molar-refractivity contribution in [1.29, 1.82) is 0 Å². The minimum atomic E-state index is -0.0574. The second kappa shape index (κ2) is 6.80. The van der Waals surface area contributed by atoms with Crippen molar-refractivity contribution < 1.29 is 4.79 Å².